The standard InChI is InChI=1S/C17H18ClNO3/c1-17(2,21)12-6-8-15(9-7-12)22-11-16(20)19-14-5-3-4-13(18)10-14/h3-10,21H,11H2,1-2H3,(H,19,20). The molecule has 2 aromatic rings. The predicted octanol–water partition coefficient (Wildman–Crippen LogP) is 3.58. The molecule has 1 amide bonds. The number of hydrogen-bond donors (Lipinski definition) is 2. The van der Waals surface area contributed by atoms with Gasteiger partial charge >= 0.3 is 0 Å². The summed E-state index contributed by atoms with van der Waals surface area (Å²) in [5.74, 6) is 0.295. The van der Waals surface area contributed by atoms with Crippen LogP contribution >= 0.6 is 11.6 Å². The minimum atomic E-state index is -0.900. The van der Waals surface area contributed by atoms with E-state index < -0.39 is 5.60 Å². The molecule has 2 aromatic carbocycles. The topological polar surface area (TPSA) is 58.6 Å². The Morgan fingerprint density at radius 2 is 1.91 bits per heavy atom. The van der Waals surface area contributed by atoms with Crippen molar-refractivity contribution in [1.82, 2.24) is 0 Å². The summed E-state index contributed by atoms with van der Waals surface area (Å²) in [5.41, 5.74) is 0.504. The Morgan fingerprint density at radius 3 is 2.50 bits per heavy atom. The fourth-order valence-electron chi connectivity index (χ4n) is 1.87. The number of amides is 1. The second kappa shape index (κ2) is 6.81. The highest BCUT2D eigenvalue weighted by molar-refractivity contribution is 6.30. The van der Waals surface area contributed by atoms with E-state index in [2.05, 4.69) is 5.32 Å². The molecule has 0 aliphatic carbocycles. The first kappa shape index (κ1) is 16.3. The van der Waals surface area contributed by atoms with Gasteiger partial charge in [0.1, 0.15) is 5.75 Å². The molecule has 0 aliphatic heterocycles. The summed E-state index contributed by atoms with van der Waals surface area (Å²) in [4.78, 5) is 11.8. The number of ether oxygens (including phenoxy) is 1. The van der Waals surface area contributed by atoms with Gasteiger partial charge in [0.15, 0.2) is 6.61 Å². The average molecular weight is 320 g/mol. The van der Waals surface area contributed by atoms with Crippen molar-refractivity contribution < 1.29 is 14.6 Å². The molecule has 0 bridgehead atoms. The van der Waals surface area contributed by atoms with Crippen LogP contribution in [0.25, 0.3) is 0 Å². The Hall–Kier alpha value is -2.04. The van der Waals surface area contributed by atoms with Gasteiger partial charge in [0.2, 0.25) is 0 Å². The maximum Gasteiger partial charge on any atom is 0.262 e. The molecule has 0 aromatic heterocycles. The van der Waals surface area contributed by atoms with E-state index in [1.165, 1.54) is 0 Å². The number of anilines is 1. The third kappa shape index (κ3) is 4.76. The van der Waals surface area contributed by atoms with Crippen molar-refractivity contribution in [3.05, 3.63) is 59.1 Å². The van der Waals surface area contributed by atoms with E-state index in [1.54, 1.807) is 62.4 Å². The highest BCUT2D eigenvalue weighted by Crippen LogP contribution is 2.22. The van der Waals surface area contributed by atoms with Crippen molar-refractivity contribution in [1.29, 1.82) is 0 Å². The molecule has 0 unspecified atom stereocenters. The Morgan fingerprint density at radius 1 is 1.23 bits per heavy atom. The maximum atomic E-state index is 11.8. The van der Waals surface area contributed by atoms with Gasteiger partial charge in [-0.15, -0.1) is 0 Å². The van der Waals surface area contributed by atoms with Crippen LogP contribution in [0.3, 0.4) is 0 Å². The number of halogens is 1. The van der Waals surface area contributed by atoms with Gasteiger partial charge in [-0.1, -0.05) is 29.8 Å². The van der Waals surface area contributed by atoms with Crippen molar-refractivity contribution in [3.8, 4) is 5.75 Å². The zero-order valence-electron chi connectivity index (χ0n) is 12.5. The lowest BCUT2D eigenvalue weighted by Gasteiger charge is -2.17. The van der Waals surface area contributed by atoms with Crippen LogP contribution in [0.15, 0.2) is 48.5 Å². The summed E-state index contributed by atoms with van der Waals surface area (Å²) in [6.45, 7) is 3.32. The van der Waals surface area contributed by atoms with Crippen LogP contribution < -0.4 is 10.1 Å². The van der Waals surface area contributed by atoms with E-state index in [-0.39, 0.29) is 12.5 Å². The number of carbonyl (C=O) groups excluding carboxylic acids is 1. The van der Waals surface area contributed by atoms with Gasteiger partial charge in [0.25, 0.3) is 5.91 Å². The lowest BCUT2D eigenvalue weighted by Crippen LogP contribution is -2.20. The van der Waals surface area contributed by atoms with Crippen LogP contribution in [-0.4, -0.2) is 17.6 Å². The van der Waals surface area contributed by atoms with E-state index in [9.17, 15) is 9.90 Å². The number of benzene rings is 2. The third-order valence-electron chi connectivity index (χ3n) is 3.04. The SMILES string of the molecule is CC(C)(O)c1ccc(OCC(=O)Nc2cccc(Cl)c2)cc1. The summed E-state index contributed by atoms with van der Waals surface area (Å²) >= 11 is 5.85. The summed E-state index contributed by atoms with van der Waals surface area (Å²) in [6.07, 6.45) is 0. The van der Waals surface area contributed by atoms with Gasteiger partial charge in [-0.3, -0.25) is 4.79 Å². The van der Waals surface area contributed by atoms with Crippen LogP contribution in [0.4, 0.5) is 5.69 Å². The summed E-state index contributed by atoms with van der Waals surface area (Å²) in [5, 5.41) is 13.1. The fraction of sp³-hybridized carbons (Fsp3) is 0.235. The lowest BCUT2D eigenvalue weighted by atomic mass is 9.99. The van der Waals surface area contributed by atoms with Gasteiger partial charge in [-0.2, -0.15) is 0 Å². The normalized spacial score (nSPS) is 11.1. The monoisotopic (exact) mass is 319 g/mol. The van der Waals surface area contributed by atoms with Crippen LogP contribution in [0.1, 0.15) is 19.4 Å². The summed E-state index contributed by atoms with van der Waals surface area (Å²) < 4.78 is 5.41. The zero-order chi connectivity index (χ0) is 16.2. The molecule has 22 heavy (non-hydrogen) atoms. The minimum absolute atomic E-state index is 0.103. The number of rotatable bonds is 5. The first-order chi connectivity index (χ1) is 10.3. The largest absolute Gasteiger partial charge is 0.484 e. The first-order valence-electron chi connectivity index (χ1n) is 6.86. The third-order valence-corrected chi connectivity index (χ3v) is 3.27. The number of aliphatic hydroxyl groups is 1. The summed E-state index contributed by atoms with van der Waals surface area (Å²) in [7, 11) is 0. The molecule has 4 nitrogen and oxygen atoms in total. The Kier molecular flexibility index (Phi) is 5.06. The van der Waals surface area contributed by atoms with Crippen molar-refractivity contribution in [2.24, 2.45) is 0 Å². The fourth-order valence-corrected chi connectivity index (χ4v) is 2.06. The zero-order valence-corrected chi connectivity index (χ0v) is 13.2. The lowest BCUT2D eigenvalue weighted by molar-refractivity contribution is -0.118. The molecule has 0 saturated carbocycles. The van der Waals surface area contributed by atoms with Crippen LogP contribution in [0.5, 0.6) is 5.75 Å². The minimum Gasteiger partial charge on any atom is -0.484 e. The van der Waals surface area contributed by atoms with Gasteiger partial charge in [0, 0.05) is 10.7 Å². The van der Waals surface area contributed by atoms with Gasteiger partial charge in [0.05, 0.1) is 5.60 Å². The van der Waals surface area contributed by atoms with E-state index in [0.717, 1.165) is 5.56 Å². The second-order valence-electron chi connectivity index (χ2n) is 5.43. The van der Waals surface area contributed by atoms with Gasteiger partial charge in [-0.05, 0) is 49.7 Å². The Balaban J connectivity index is 1.88. The first-order valence-corrected chi connectivity index (χ1v) is 7.23. The van der Waals surface area contributed by atoms with Gasteiger partial charge < -0.3 is 15.2 Å². The molecular weight excluding hydrogens is 302 g/mol. The van der Waals surface area contributed by atoms with Crippen molar-refractivity contribution in [2.75, 3.05) is 11.9 Å². The van der Waals surface area contributed by atoms with E-state index in [4.69, 9.17) is 16.3 Å². The number of carbonyl (C=O) groups is 1. The molecule has 0 fully saturated rings. The van der Waals surface area contributed by atoms with Crippen LogP contribution in [-0.2, 0) is 10.4 Å². The molecule has 0 atom stereocenters. The molecule has 116 valence electrons. The highest BCUT2D eigenvalue weighted by atomic mass is 35.5. The van der Waals surface area contributed by atoms with Crippen molar-refractivity contribution in [2.45, 2.75) is 19.4 Å². The molecule has 0 spiro atoms. The number of nitrogens with one attached hydrogen (secondary N) is 1. The molecule has 0 saturated heterocycles. The maximum absolute atomic E-state index is 11.8. The van der Waals surface area contributed by atoms with Crippen molar-refractivity contribution in [3.63, 3.8) is 0 Å². The summed E-state index contributed by atoms with van der Waals surface area (Å²) in [6, 6.07) is 13.9. The highest BCUT2D eigenvalue weighted by Gasteiger charge is 2.15. The molecular formula is C17H18ClNO3. The molecule has 0 heterocycles. The van der Waals surface area contributed by atoms with Crippen molar-refractivity contribution >= 4 is 23.2 Å². The second-order valence-corrected chi connectivity index (χ2v) is 5.87. The predicted molar refractivity (Wildman–Crippen MR) is 87.3 cm³/mol. The molecule has 0 aliphatic rings. The van der Waals surface area contributed by atoms with E-state index in [0.29, 0.717) is 16.5 Å². The van der Waals surface area contributed by atoms with Crippen LogP contribution in [0, 0.1) is 0 Å². The van der Waals surface area contributed by atoms with E-state index in [1.807, 2.05) is 0 Å². The average Bonchev–Trinajstić information content (AvgIpc) is 2.45. The number of hydrogen-bond acceptors (Lipinski definition) is 3. The van der Waals surface area contributed by atoms with Gasteiger partial charge in [-0.25, -0.2) is 0 Å². The van der Waals surface area contributed by atoms with E-state index >= 15 is 0 Å². The Labute approximate surface area is 134 Å². The molecule has 5 heteroatoms. The molecule has 2 rings (SSSR count). The molecule has 0 radical (unpaired) electrons. The van der Waals surface area contributed by atoms with Crippen LogP contribution in [0.2, 0.25) is 5.02 Å². The smallest absolute Gasteiger partial charge is 0.262 e. The Bertz CT molecular complexity index is 648. The quantitative estimate of drug-likeness (QED) is 0.885. The molecule has 2 N–H and O–H groups in total.